The maximum absolute atomic E-state index is 5.48. The topological polar surface area (TPSA) is 48.1 Å². The molecule has 0 amide bonds. The van der Waals surface area contributed by atoms with Gasteiger partial charge in [-0.2, -0.15) is 0 Å². The van der Waals surface area contributed by atoms with Gasteiger partial charge in [0.25, 0.3) is 0 Å². The van der Waals surface area contributed by atoms with E-state index in [1.807, 2.05) is 32.1 Å². The summed E-state index contributed by atoms with van der Waals surface area (Å²) >= 11 is 0. The molecule has 0 bridgehead atoms. The molecule has 1 heterocycles. The zero-order valence-electron chi connectivity index (χ0n) is 9.36. The van der Waals surface area contributed by atoms with Crippen LogP contribution in [0, 0.1) is 0 Å². The van der Waals surface area contributed by atoms with Gasteiger partial charge in [-0.15, -0.1) is 0 Å². The summed E-state index contributed by atoms with van der Waals surface area (Å²) in [4.78, 5) is 4.24. The van der Waals surface area contributed by atoms with E-state index < -0.39 is 0 Å². The van der Waals surface area contributed by atoms with Crippen LogP contribution in [0.1, 0.15) is 19.5 Å². The number of allylic oxidation sites excluding steroid dienone is 1. The minimum Gasteiger partial charge on any atom is -0.488 e. The number of nitrogens with two attached hydrogens (primary N) is 1. The molecule has 82 valence electrons. The molecule has 0 aromatic carbocycles. The fourth-order valence-electron chi connectivity index (χ4n) is 1.10. The third kappa shape index (κ3) is 4.61. The molecule has 0 aliphatic heterocycles. The molecule has 0 fully saturated rings. The number of hydrogen-bond acceptors (Lipinski definition) is 3. The number of nitrogens with zero attached hydrogens (tertiary/aromatic N) is 1. The molecule has 3 nitrogen and oxygen atoms in total. The highest BCUT2D eigenvalue weighted by atomic mass is 16.5. The molecule has 0 saturated carbocycles. The molecule has 0 radical (unpaired) electrons. The smallest absolute Gasteiger partial charge is 0.138 e. The molecule has 0 spiro atoms. The molecule has 0 aliphatic rings. The largest absolute Gasteiger partial charge is 0.488 e. The molecule has 0 saturated heterocycles. The minimum atomic E-state index is 0.597. The summed E-state index contributed by atoms with van der Waals surface area (Å²) in [5.41, 5.74) is 7.69. The second kappa shape index (κ2) is 6.19. The van der Waals surface area contributed by atoms with E-state index in [1.54, 1.807) is 6.20 Å². The van der Waals surface area contributed by atoms with Gasteiger partial charge >= 0.3 is 0 Å². The SMILES string of the molecule is CC(C)=CCOc1ccc(CCN)nc1. The summed E-state index contributed by atoms with van der Waals surface area (Å²) in [6, 6.07) is 3.88. The van der Waals surface area contributed by atoms with Gasteiger partial charge in [-0.25, -0.2) is 0 Å². The zero-order valence-corrected chi connectivity index (χ0v) is 9.36. The van der Waals surface area contributed by atoms with Crippen LogP contribution in [-0.2, 0) is 6.42 Å². The van der Waals surface area contributed by atoms with Crippen LogP contribution in [0.4, 0.5) is 0 Å². The molecule has 1 aromatic rings. The van der Waals surface area contributed by atoms with Crippen LogP contribution in [0.15, 0.2) is 30.0 Å². The first kappa shape index (κ1) is 11.7. The van der Waals surface area contributed by atoms with Crippen molar-refractivity contribution >= 4 is 0 Å². The van der Waals surface area contributed by atoms with Crippen molar-refractivity contribution in [3.05, 3.63) is 35.7 Å². The van der Waals surface area contributed by atoms with Crippen LogP contribution in [-0.4, -0.2) is 18.1 Å². The summed E-state index contributed by atoms with van der Waals surface area (Å²) in [6.07, 6.45) is 4.59. The summed E-state index contributed by atoms with van der Waals surface area (Å²) in [5, 5.41) is 0. The molecular formula is C12H18N2O. The first-order valence-corrected chi connectivity index (χ1v) is 5.13. The van der Waals surface area contributed by atoms with Gasteiger partial charge < -0.3 is 10.5 Å². The second-order valence-electron chi connectivity index (χ2n) is 3.62. The lowest BCUT2D eigenvalue weighted by atomic mass is 10.3. The van der Waals surface area contributed by atoms with Crippen LogP contribution >= 0.6 is 0 Å². The highest BCUT2D eigenvalue weighted by Crippen LogP contribution is 2.09. The van der Waals surface area contributed by atoms with Crippen molar-refractivity contribution < 1.29 is 4.74 Å². The quantitative estimate of drug-likeness (QED) is 0.749. The van der Waals surface area contributed by atoms with Gasteiger partial charge in [0.15, 0.2) is 0 Å². The van der Waals surface area contributed by atoms with Crippen molar-refractivity contribution in [1.82, 2.24) is 4.98 Å². The van der Waals surface area contributed by atoms with Crippen molar-refractivity contribution in [3.8, 4) is 5.75 Å². The Morgan fingerprint density at radius 2 is 2.27 bits per heavy atom. The van der Waals surface area contributed by atoms with Crippen LogP contribution in [0.5, 0.6) is 5.75 Å². The highest BCUT2D eigenvalue weighted by Gasteiger charge is 1.95. The van der Waals surface area contributed by atoms with Gasteiger partial charge in [0.2, 0.25) is 0 Å². The fraction of sp³-hybridized carbons (Fsp3) is 0.417. The van der Waals surface area contributed by atoms with Crippen LogP contribution in [0.3, 0.4) is 0 Å². The van der Waals surface area contributed by atoms with Gasteiger partial charge in [0.1, 0.15) is 12.4 Å². The molecule has 0 aliphatic carbocycles. The number of pyridine rings is 1. The lowest BCUT2D eigenvalue weighted by Gasteiger charge is -2.04. The van der Waals surface area contributed by atoms with Gasteiger partial charge in [0, 0.05) is 12.1 Å². The number of hydrogen-bond donors (Lipinski definition) is 1. The van der Waals surface area contributed by atoms with E-state index in [2.05, 4.69) is 4.98 Å². The van der Waals surface area contributed by atoms with Crippen LogP contribution in [0.2, 0.25) is 0 Å². The zero-order chi connectivity index (χ0) is 11.1. The third-order valence-corrected chi connectivity index (χ3v) is 1.94. The van der Waals surface area contributed by atoms with Crippen LogP contribution < -0.4 is 10.5 Å². The Kier molecular flexibility index (Phi) is 4.84. The second-order valence-corrected chi connectivity index (χ2v) is 3.62. The van der Waals surface area contributed by atoms with E-state index in [9.17, 15) is 0 Å². The first-order valence-electron chi connectivity index (χ1n) is 5.13. The predicted molar refractivity (Wildman–Crippen MR) is 61.9 cm³/mol. The average Bonchev–Trinajstić information content (AvgIpc) is 2.20. The van der Waals surface area contributed by atoms with E-state index in [4.69, 9.17) is 10.5 Å². The van der Waals surface area contributed by atoms with Gasteiger partial charge in [-0.05, 0) is 38.6 Å². The van der Waals surface area contributed by atoms with E-state index in [1.165, 1.54) is 5.57 Å². The number of rotatable bonds is 5. The molecule has 0 unspecified atom stereocenters. The maximum Gasteiger partial charge on any atom is 0.138 e. The molecule has 1 rings (SSSR count). The lowest BCUT2D eigenvalue weighted by molar-refractivity contribution is 0.360. The minimum absolute atomic E-state index is 0.597. The van der Waals surface area contributed by atoms with Crippen molar-refractivity contribution in [2.75, 3.05) is 13.2 Å². The summed E-state index contributed by atoms with van der Waals surface area (Å²) in [7, 11) is 0. The van der Waals surface area contributed by atoms with E-state index in [0.717, 1.165) is 17.9 Å². The molecule has 2 N–H and O–H groups in total. The Bertz CT molecular complexity index is 313. The molecule has 0 atom stereocenters. The Hall–Kier alpha value is -1.35. The van der Waals surface area contributed by atoms with Crippen molar-refractivity contribution in [3.63, 3.8) is 0 Å². The first-order chi connectivity index (χ1) is 7.22. The van der Waals surface area contributed by atoms with Crippen molar-refractivity contribution in [2.24, 2.45) is 5.73 Å². The Labute approximate surface area is 91.0 Å². The Balaban J connectivity index is 2.46. The van der Waals surface area contributed by atoms with Crippen LogP contribution in [0.25, 0.3) is 0 Å². The fourth-order valence-corrected chi connectivity index (χ4v) is 1.10. The normalized spacial score (nSPS) is 9.80. The Morgan fingerprint density at radius 3 is 2.80 bits per heavy atom. The summed E-state index contributed by atoms with van der Waals surface area (Å²) in [5.74, 6) is 0.799. The van der Waals surface area contributed by atoms with Gasteiger partial charge in [-0.1, -0.05) is 5.57 Å². The molecular weight excluding hydrogens is 188 g/mol. The molecule has 1 aromatic heterocycles. The average molecular weight is 206 g/mol. The molecule has 15 heavy (non-hydrogen) atoms. The monoisotopic (exact) mass is 206 g/mol. The standard InChI is InChI=1S/C12H18N2O/c1-10(2)6-8-15-12-4-3-11(5-7-13)14-9-12/h3-4,6,9H,5,7-8,13H2,1-2H3. The summed E-state index contributed by atoms with van der Waals surface area (Å²) in [6.45, 7) is 5.32. The highest BCUT2D eigenvalue weighted by molar-refractivity contribution is 5.20. The predicted octanol–water partition coefficient (Wildman–Crippen LogP) is 1.93. The maximum atomic E-state index is 5.48. The van der Waals surface area contributed by atoms with Gasteiger partial charge in [0.05, 0.1) is 6.20 Å². The number of ether oxygens (including phenoxy) is 1. The molecule has 3 heteroatoms. The number of aromatic nitrogens is 1. The lowest BCUT2D eigenvalue weighted by Crippen LogP contribution is -2.04. The van der Waals surface area contributed by atoms with E-state index >= 15 is 0 Å². The van der Waals surface area contributed by atoms with E-state index in [-0.39, 0.29) is 0 Å². The van der Waals surface area contributed by atoms with Crippen molar-refractivity contribution in [1.29, 1.82) is 0 Å². The Morgan fingerprint density at radius 1 is 1.47 bits per heavy atom. The summed E-state index contributed by atoms with van der Waals surface area (Å²) < 4.78 is 5.48. The van der Waals surface area contributed by atoms with E-state index in [0.29, 0.717) is 13.2 Å². The van der Waals surface area contributed by atoms with Gasteiger partial charge in [-0.3, -0.25) is 4.98 Å². The third-order valence-electron chi connectivity index (χ3n) is 1.94. The van der Waals surface area contributed by atoms with Crippen molar-refractivity contribution in [2.45, 2.75) is 20.3 Å².